The highest BCUT2D eigenvalue weighted by molar-refractivity contribution is 7.53. The molecular formula is C6H7N2O5P. The average Bonchev–Trinajstić information content (AvgIpc) is 2.02. The number of rotatable bonds is 3. The van der Waals surface area contributed by atoms with E-state index in [2.05, 4.69) is 0 Å². The summed E-state index contributed by atoms with van der Waals surface area (Å²) in [5, 5.41) is 12.1. The SMILES string of the molecule is O=[N+]([O-])c1ccc(NP(=O)(O)O)cc1. The minimum Gasteiger partial charge on any atom is -0.308 e. The molecule has 0 bridgehead atoms. The molecule has 0 aliphatic heterocycles. The van der Waals surface area contributed by atoms with Crippen LogP contribution in [0.2, 0.25) is 0 Å². The van der Waals surface area contributed by atoms with E-state index in [0.29, 0.717) is 0 Å². The maximum absolute atomic E-state index is 10.5. The molecule has 0 aliphatic rings. The van der Waals surface area contributed by atoms with Crippen molar-refractivity contribution in [1.82, 2.24) is 0 Å². The summed E-state index contributed by atoms with van der Waals surface area (Å²) in [5.41, 5.74) is -0.00908. The molecule has 14 heavy (non-hydrogen) atoms. The first-order valence-electron chi connectivity index (χ1n) is 3.47. The fraction of sp³-hybridized carbons (Fsp3) is 0. The average molecular weight is 218 g/mol. The van der Waals surface area contributed by atoms with Crippen LogP contribution in [0.5, 0.6) is 0 Å². The van der Waals surface area contributed by atoms with Gasteiger partial charge in [0.2, 0.25) is 0 Å². The molecule has 0 saturated heterocycles. The predicted octanol–water partition coefficient (Wildman–Crippen LogP) is 1.10. The highest BCUT2D eigenvalue weighted by atomic mass is 31.2. The van der Waals surface area contributed by atoms with Crippen LogP contribution in [0.25, 0.3) is 0 Å². The summed E-state index contributed by atoms with van der Waals surface area (Å²) < 4.78 is 10.5. The summed E-state index contributed by atoms with van der Waals surface area (Å²) in [7, 11) is -4.35. The number of benzene rings is 1. The lowest BCUT2D eigenvalue weighted by atomic mass is 10.3. The second-order valence-electron chi connectivity index (χ2n) is 2.46. The van der Waals surface area contributed by atoms with Crippen LogP contribution in [0.3, 0.4) is 0 Å². The summed E-state index contributed by atoms with van der Waals surface area (Å²) in [4.78, 5) is 26.7. The summed E-state index contributed by atoms with van der Waals surface area (Å²) in [6, 6.07) is 4.74. The van der Waals surface area contributed by atoms with E-state index in [1.807, 2.05) is 5.09 Å². The van der Waals surface area contributed by atoms with Crippen molar-refractivity contribution in [3.63, 3.8) is 0 Å². The molecule has 76 valence electrons. The van der Waals surface area contributed by atoms with E-state index < -0.39 is 12.7 Å². The topological polar surface area (TPSA) is 113 Å². The molecule has 7 nitrogen and oxygen atoms in total. The third-order valence-corrected chi connectivity index (χ3v) is 1.90. The highest BCUT2D eigenvalue weighted by Crippen LogP contribution is 2.35. The van der Waals surface area contributed by atoms with Crippen LogP contribution in [0.1, 0.15) is 0 Å². The maximum atomic E-state index is 10.5. The van der Waals surface area contributed by atoms with E-state index in [1.165, 1.54) is 12.1 Å². The van der Waals surface area contributed by atoms with Gasteiger partial charge in [-0.15, -0.1) is 0 Å². The van der Waals surface area contributed by atoms with Gasteiger partial charge >= 0.3 is 7.75 Å². The molecule has 0 atom stereocenters. The van der Waals surface area contributed by atoms with E-state index >= 15 is 0 Å². The van der Waals surface area contributed by atoms with Crippen molar-refractivity contribution in [3.8, 4) is 0 Å². The van der Waals surface area contributed by atoms with Crippen LogP contribution in [-0.4, -0.2) is 14.7 Å². The Morgan fingerprint density at radius 3 is 2.14 bits per heavy atom. The maximum Gasteiger partial charge on any atom is 0.427 e. The molecule has 0 saturated carbocycles. The molecule has 1 aromatic rings. The lowest BCUT2D eigenvalue weighted by Crippen LogP contribution is -1.94. The molecular weight excluding hydrogens is 211 g/mol. The third-order valence-electron chi connectivity index (χ3n) is 1.35. The number of hydrogen-bond acceptors (Lipinski definition) is 3. The van der Waals surface area contributed by atoms with Crippen molar-refractivity contribution in [2.45, 2.75) is 0 Å². The van der Waals surface area contributed by atoms with Crippen LogP contribution >= 0.6 is 7.75 Å². The number of hydrogen-bond donors (Lipinski definition) is 3. The predicted molar refractivity (Wildman–Crippen MR) is 48.8 cm³/mol. The number of anilines is 1. The summed E-state index contributed by atoms with van der Waals surface area (Å²) in [6.45, 7) is 0. The van der Waals surface area contributed by atoms with Crippen LogP contribution in [0, 0.1) is 10.1 Å². The quantitative estimate of drug-likeness (QED) is 0.397. The highest BCUT2D eigenvalue weighted by Gasteiger charge is 2.12. The Morgan fingerprint density at radius 2 is 1.79 bits per heavy atom. The molecule has 8 heteroatoms. The number of nitro benzene ring substituents is 1. The molecule has 0 heterocycles. The molecule has 0 spiro atoms. The summed E-state index contributed by atoms with van der Waals surface area (Å²) >= 11 is 0. The summed E-state index contributed by atoms with van der Waals surface area (Å²) in [6.07, 6.45) is 0. The zero-order chi connectivity index (χ0) is 10.8. The van der Waals surface area contributed by atoms with Gasteiger partial charge in [0.05, 0.1) is 4.92 Å². The van der Waals surface area contributed by atoms with Crippen molar-refractivity contribution >= 4 is 19.1 Å². The summed E-state index contributed by atoms with van der Waals surface area (Å²) in [5.74, 6) is 0. The van der Waals surface area contributed by atoms with E-state index in [9.17, 15) is 14.7 Å². The van der Waals surface area contributed by atoms with E-state index in [4.69, 9.17) is 9.79 Å². The second-order valence-corrected chi connectivity index (χ2v) is 3.77. The van der Waals surface area contributed by atoms with Crippen molar-refractivity contribution in [2.24, 2.45) is 0 Å². The first-order valence-corrected chi connectivity index (χ1v) is 5.08. The van der Waals surface area contributed by atoms with Gasteiger partial charge in [-0.2, -0.15) is 0 Å². The molecule has 1 aromatic carbocycles. The monoisotopic (exact) mass is 218 g/mol. The molecule has 3 N–H and O–H groups in total. The van der Waals surface area contributed by atoms with Gasteiger partial charge < -0.3 is 9.79 Å². The third kappa shape index (κ3) is 3.14. The van der Waals surface area contributed by atoms with Gasteiger partial charge in [0.15, 0.2) is 0 Å². The number of nitrogens with zero attached hydrogens (tertiary/aromatic N) is 1. The number of nitro groups is 1. The molecule has 1 rings (SSSR count). The molecule has 0 radical (unpaired) electrons. The fourth-order valence-corrected chi connectivity index (χ4v) is 1.31. The standard InChI is InChI=1S/C6H7N2O5P/c9-8(10)6-3-1-5(2-4-6)7-14(11,12)13/h1-4H,(H3,7,11,12,13). The molecule has 0 unspecified atom stereocenters. The first-order chi connectivity index (χ1) is 6.38. The smallest absolute Gasteiger partial charge is 0.308 e. The van der Waals surface area contributed by atoms with Crippen molar-refractivity contribution in [3.05, 3.63) is 34.4 Å². The molecule has 0 amide bonds. The fourth-order valence-electron chi connectivity index (χ4n) is 0.826. The minimum absolute atomic E-state index is 0.129. The molecule has 0 fully saturated rings. The van der Waals surface area contributed by atoms with Crippen LogP contribution < -0.4 is 5.09 Å². The Morgan fingerprint density at radius 1 is 1.29 bits per heavy atom. The minimum atomic E-state index is -4.35. The largest absolute Gasteiger partial charge is 0.427 e. The normalized spacial score (nSPS) is 11.0. The van der Waals surface area contributed by atoms with Gasteiger partial charge in [-0.25, -0.2) is 4.57 Å². The Labute approximate surface area is 78.7 Å². The molecule has 0 aromatic heterocycles. The van der Waals surface area contributed by atoms with Gasteiger partial charge in [-0.1, -0.05) is 0 Å². The lowest BCUT2D eigenvalue weighted by molar-refractivity contribution is -0.384. The van der Waals surface area contributed by atoms with Crippen LogP contribution in [-0.2, 0) is 4.57 Å². The van der Waals surface area contributed by atoms with E-state index in [0.717, 1.165) is 12.1 Å². The second kappa shape index (κ2) is 3.75. The van der Waals surface area contributed by atoms with Crippen molar-refractivity contribution in [1.29, 1.82) is 0 Å². The van der Waals surface area contributed by atoms with E-state index in [1.54, 1.807) is 0 Å². The van der Waals surface area contributed by atoms with Crippen molar-refractivity contribution < 1.29 is 19.3 Å². The number of non-ortho nitro benzene ring substituents is 1. The van der Waals surface area contributed by atoms with Gasteiger partial charge in [0, 0.05) is 17.8 Å². The molecule has 0 aliphatic carbocycles. The van der Waals surface area contributed by atoms with Gasteiger partial charge in [-0.05, 0) is 12.1 Å². The van der Waals surface area contributed by atoms with Gasteiger partial charge in [0.25, 0.3) is 5.69 Å². The first kappa shape index (κ1) is 10.6. The zero-order valence-electron chi connectivity index (χ0n) is 6.82. The van der Waals surface area contributed by atoms with Gasteiger partial charge in [0.1, 0.15) is 0 Å². The van der Waals surface area contributed by atoms with Crippen LogP contribution in [0.15, 0.2) is 24.3 Å². The Balaban J connectivity index is 2.84. The van der Waals surface area contributed by atoms with E-state index in [-0.39, 0.29) is 11.4 Å². The Kier molecular flexibility index (Phi) is 2.85. The Bertz CT molecular complexity index is 384. The lowest BCUT2D eigenvalue weighted by Gasteiger charge is -2.06. The zero-order valence-corrected chi connectivity index (χ0v) is 7.72. The van der Waals surface area contributed by atoms with Gasteiger partial charge in [-0.3, -0.25) is 15.2 Å². The number of nitrogens with one attached hydrogen (secondary N) is 1. The Hall–Kier alpha value is -1.43. The van der Waals surface area contributed by atoms with Crippen molar-refractivity contribution in [2.75, 3.05) is 5.09 Å². The van der Waals surface area contributed by atoms with Crippen LogP contribution in [0.4, 0.5) is 11.4 Å².